The average Bonchev–Trinajstić information content (AvgIpc) is 2.45. The molecule has 21 heavy (non-hydrogen) atoms. The first kappa shape index (κ1) is 17.2. The molecule has 0 aliphatic rings. The summed E-state index contributed by atoms with van der Waals surface area (Å²) in [6, 6.07) is 6.99. The zero-order chi connectivity index (χ0) is 16.0. The van der Waals surface area contributed by atoms with E-state index in [1.165, 1.54) is 0 Å². The van der Waals surface area contributed by atoms with Crippen molar-refractivity contribution in [2.75, 3.05) is 20.8 Å². The lowest BCUT2D eigenvalue weighted by atomic mass is 9.96. The van der Waals surface area contributed by atoms with Gasteiger partial charge < -0.3 is 14.7 Å². The summed E-state index contributed by atoms with van der Waals surface area (Å²) in [4.78, 5) is 13.7. The van der Waals surface area contributed by atoms with Crippen molar-refractivity contribution in [1.82, 2.24) is 4.90 Å². The Morgan fingerprint density at radius 1 is 1.33 bits per heavy atom. The summed E-state index contributed by atoms with van der Waals surface area (Å²) in [5, 5.41) is 9.60. The van der Waals surface area contributed by atoms with E-state index in [0.29, 0.717) is 0 Å². The molecule has 0 aromatic heterocycles. The van der Waals surface area contributed by atoms with Gasteiger partial charge in [-0.05, 0) is 29.2 Å². The van der Waals surface area contributed by atoms with Gasteiger partial charge >= 0.3 is 0 Å². The van der Waals surface area contributed by atoms with Crippen molar-refractivity contribution in [3.05, 3.63) is 42.0 Å². The minimum Gasteiger partial charge on any atom is -0.497 e. The minimum atomic E-state index is -0.368. The van der Waals surface area contributed by atoms with Crippen molar-refractivity contribution >= 4 is 5.91 Å². The summed E-state index contributed by atoms with van der Waals surface area (Å²) in [5.74, 6) is 0.622. The second kappa shape index (κ2) is 7.27. The van der Waals surface area contributed by atoms with E-state index >= 15 is 0 Å². The number of hydrogen-bond donors (Lipinski definition) is 1. The molecular weight excluding hydrogens is 266 g/mol. The number of carbonyl (C=O) groups excluding carboxylic acids is 1. The SMILES string of the molecule is COc1ccc(C(CO)N(C)C(=O)/C=C/C(C)(C)C)cc1. The van der Waals surface area contributed by atoms with Gasteiger partial charge in [0, 0.05) is 7.05 Å². The van der Waals surface area contributed by atoms with Crippen molar-refractivity contribution in [1.29, 1.82) is 0 Å². The molecule has 0 spiro atoms. The number of ether oxygens (including phenoxy) is 1. The first-order valence-corrected chi connectivity index (χ1v) is 6.99. The fraction of sp³-hybridized carbons (Fsp3) is 0.471. The maximum atomic E-state index is 12.2. The van der Waals surface area contributed by atoms with Gasteiger partial charge in [-0.25, -0.2) is 0 Å². The number of nitrogens with zero attached hydrogens (tertiary/aromatic N) is 1. The monoisotopic (exact) mass is 291 g/mol. The molecule has 0 saturated carbocycles. The molecule has 1 aromatic carbocycles. The van der Waals surface area contributed by atoms with Crippen LogP contribution in [0.1, 0.15) is 32.4 Å². The first-order valence-electron chi connectivity index (χ1n) is 6.99. The molecule has 0 aliphatic heterocycles. The molecule has 0 aliphatic carbocycles. The molecule has 0 fully saturated rings. The van der Waals surface area contributed by atoms with E-state index in [4.69, 9.17) is 4.74 Å². The molecule has 1 rings (SSSR count). The highest BCUT2D eigenvalue weighted by atomic mass is 16.5. The van der Waals surface area contributed by atoms with Crippen LogP contribution in [0.3, 0.4) is 0 Å². The molecule has 0 bridgehead atoms. The molecule has 0 radical (unpaired) electrons. The fourth-order valence-electron chi connectivity index (χ4n) is 1.87. The second-order valence-corrected chi connectivity index (χ2v) is 6.12. The topological polar surface area (TPSA) is 49.8 Å². The lowest BCUT2D eigenvalue weighted by molar-refractivity contribution is -0.127. The fourth-order valence-corrected chi connectivity index (χ4v) is 1.87. The second-order valence-electron chi connectivity index (χ2n) is 6.12. The van der Waals surface area contributed by atoms with E-state index in [1.54, 1.807) is 25.1 Å². The summed E-state index contributed by atoms with van der Waals surface area (Å²) in [7, 11) is 3.30. The zero-order valence-electron chi connectivity index (χ0n) is 13.5. The number of hydrogen-bond acceptors (Lipinski definition) is 3. The van der Waals surface area contributed by atoms with Crippen LogP contribution in [-0.2, 0) is 4.79 Å². The van der Waals surface area contributed by atoms with E-state index in [2.05, 4.69) is 0 Å². The zero-order valence-corrected chi connectivity index (χ0v) is 13.5. The number of likely N-dealkylation sites (N-methyl/N-ethyl adjacent to an activating group) is 1. The average molecular weight is 291 g/mol. The third-order valence-corrected chi connectivity index (χ3v) is 3.21. The van der Waals surface area contributed by atoms with Gasteiger partial charge in [-0.15, -0.1) is 0 Å². The van der Waals surface area contributed by atoms with Crippen molar-refractivity contribution in [2.45, 2.75) is 26.8 Å². The highest BCUT2D eigenvalue weighted by Gasteiger charge is 2.20. The van der Waals surface area contributed by atoms with Crippen molar-refractivity contribution in [2.24, 2.45) is 5.41 Å². The van der Waals surface area contributed by atoms with E-state index < -0.39 is 0 Å². The molecule has 1 unspecified atom stereocenters. The molecule has 1 atom stereocenters. The molecule has 1 aromatic rings. The van der Waals surface area contributed by atoms with Crippen molar-refractivity contribution < 1.29 is 14.6 Å². The van der Waals surface area contributed by atoms with Crippen LogP contribution in [0.25, 0.3) is 0 Å². The van der Waals surface area contributed by atoms with Gasteiger partial charge in [-0.3, -0.25) is 4.79 Å². The Labute approximate surface area is 127 Å². The maximum absolute atomic E-state index is 12.2. The standard InChI is InChI=1S/C17H25NO3/c1-17(2,3)11-10-16(20)18(4)15(12-19)13-6-8-14(21-5)9-7-13/h6-11,15,19H,12H2,1-5H3/b11-10+. The van der Waals surface area contributed by atoms with Crippen LogP contribution in [0.5, 0.6) is 5.75 Å². The predicted octanol–water partition coefficient (Wildman–Crippen LogP) is 2.79. The minimum absolute atomic E-state index is 0.0503. The number of aliphatic hydroxyl groups is 1. The van der Waals surface area contributed by atoms with E-state index in [9.17, 15) is 9.90 Å². The molecule has 116 valence electrons. The molecular formula is C17H25NO3. The summed E-state index contributed by atoms with van der Waals surface area (Å²) >= 11 is 0. The number of amides is 1. The van der Waals surface area contributed by atoms with Crippen molar-refractivity contribution in [3.63, 3.8) is 0 Å². The largest absolute Gasteiger partial charge is 0.497 e. The smallest absolute Gasteiger partial charge is 0.246 e. The third kappa shape index (κ3) is 5.23. The summed E-state index contributed by atoms with van der Waals surface area (Å²) < 4.78 is 5.11. The van der Waals surface area contributed by atoms with E-state index in [-0.39, 0.29) is 24.0 Å². The molecule has 0 saturated heterocycles. The Hall–Kier alpha value is -1.81. The van der Waals surface area contributed by atoms with Crippen molar-refractivity contribution in [3.8, 4) is 5.75 Å². The Balaban J connectivity index is 2.87. The number of aliphatic hydroxyl groups excluding tert-OH is 1. The van der Waals surface area contributed by atoms with Crippen LogP contribution < -0.4 is 4.74 Å². The quantitative estimate of drug-likeness (QED) is 0.849. The Morgan fingerprint density at radius 3 is 2.33 bits per heavy atom. The van der Waals surface area contributed by atoms with Crippen LogP contribution in [0.4, 0.5) is 0 Å². The third-order valence-electron chi connectivity index (χ3n) is 3.21. The van der Waals surface area contributed by atoms with Crippen LogP contribution in [0.2, 0.25) is 0 Å². The Bertz CT molecular complexity index is 486. The number of rotatable bonds is 5. The lowest BCUT2D eigenvalue weighted by Crippen LogP contribution is -2.32. The van der Waals surface area contributed by atoms with E-state index in [1.807, 2.05) is 51.1 Å². The molecule has 1 amide bonds. The van der Waals surface area contributed by atoms with Crippen LogP contribution in [0, 0.1) is 5.41 Å². The van der Waals surface area contributed by atoms with Gasteiger partial charge in [0.2, 0.25) is 5.91 Å². The van der Waals surface area contributed by atoms with Crippen LogP contribution >= 0.6 is 0 Å². The van der Waals surface area contributed by atoms with Gasteiger partial charge in [-0.2, -0.15) is 0 Å². The summed E-state index contributed by atoms with van der Waals surface area (Å²) in [6.45, 7) is 5.97. The number of carbonyl (C=O) groups is 1. The molecule has 0 heterocycles. The van der Waals surface area contributed by atoms with Gasteiger partial charge in [0.05, 0.1) is 19.8 Å². The maximum Gasteiger partial charge on any atom is 0.246 e. The van der Waals surface area contributed by atoms with E-state index in [0.717, 1.165) is 11.3 Å². The predicted molar refractivity (Wildman–Crippen MR) is 84.2 cm³/mol. The first-order chi connectivity index (χ1) is 9.78. The number of benzene rings is 1. The van der Waals surface area contributed by atoms with Gasteiger partial charge in [0.1, 0.15) is 5.75 Å². The van der Waals surface area contributed by atoms with Crippen LogP contribution in [-0.4, -0.2) is 36.7 Å². The highest BCUT2D eigenvalue weighted by Crippen LogP contribution is 2.22. The molecule has 4 nitrogen and oxygen atoms in total. The Kier molecular flexibility index (Phi) is 5.97. The summed E-state index contributed by atoms with van der Waals surface area (Å²) in [6.07, 6.45) is 3.43. The highest BCUT2D eigenvalue weighted by molar-refractivity contribution is 5.87. The Morgan fingerprint density at radius 2 is 1.90 bits per heavy atom. The van der Waals surface area contributed by atoms with Gasteiger partial charge in [0.15, 0.2) is 0 Å². The van der Waals surface area contributed by atoms with Gasteiger partial charge in [-0.1, -0.05) is 39.0 Å². The van der Waals surface area contributed by atoms with Crippen LogP contribution in [0.15, 0.2) is 36.4 Å². The lowest BCUT2D eigenvalue weighted by Gasteiger charge is -2.26. The molecule has 1 N–H and O–H groups in total. The summed E-state index contributed by atoms with van der Waals surface area (Å²) in [5.41, 5.74) is 0.823. The number of methoxy groups -OCH3 is 1. The number of allylic oxidation sites excluding steroid dienone is 1. The molecule has 4 heteroatoms. The van der Waals surface area contributed by atoms with Gasteiger partial charge in [0.25, 0.3) is 0 Å². The normalized spacial score (nSPS) is 13.2.